The minimum Gasteiger partial charge on any atom is -0.493 e. The first-order valence-corrected chi connectivity index (χ1v) is 12.2. The molecule has 0 aliphatic rings. The summed E-state index contributed by atoms with van der Waals surface area (Å²) in [6, 6.07) is 11.9. The summed E-state index contributed by atoms with van der Waals surface area (Å²) in [4.78, 5) is 29.1. The Bertz CT molecular complexity index is 1220. The fraction of sp³-hybridized carbons (Fsp3) is 0.423. The number of halogens is 1. The average molecular weight is 529 g/mol. The van der Waals surface area contributed by atoms with Gasteiger partial charge in [0.1, 0.15) is 12.6 Å². The third kappa shape index (κ3) is 7.66. The van der Waals surface area contributed by atoms with E-state index in [1.54, 1.807) is 45.4 Å². The van der Waals surface area contributed by atoms with Gasteiger partial charge in [-0.05, 0) is 81.3 Å². The Balaban J connectivity index is 1.79. The number of hydrogen-bond acceptors (Lipinski definition) is 7. The van der Waals surface area contributed by atoms with Gasteiger partial charge in [0.05, 0.1) is 14.2 Å². The summed E-state index contributed by atoms with van der Waals surface area (Å²) in [6.07, 6.45) is 0.500. The topological polar surface area (TPSA) is 111 Å². The number of rotatable bonds is 10. The van der Waals surface area contributed by atoms with Crippen LogP contribution in [0.4, 0.5) is 0 Å². The molecule has 1 aromatic heterocycles. The summed E-state index contributed by atoms with van der Waals surface area (Å²) in [6.45, 7) is 7.52. The van der Waals surface area contributed by atoms with E-state index >= 15 is 0 Å². The second kappa shape index (κ2) is 12.1. The number of amides is 2. The first-order valence-electron chi connectivity index (χ1n) is 11.9. The van der Waals surface area contributed by atoms with Crippen LogP contribution in [-0.4, -0.2) is 69.3 Å². The van der Waals surface area contributed by atoms with Crippen LogP contribution >= 0.6 is 11.6 Å². The van der Waals surface area contributed by atoms with Crippen molar-refractivity contribution >= 4 is 23.4 Å². The van der Waals surface area contributed by atoms with E-state index < -0.39 is 11.6 Å². The van der Waals surface area contributed by atoms with E-state index in [0.717, 1.165) is 11.1 Å². The van der Waals surface area contributed by atoms with Gasteiger partial charge < -0.3 is 19.7 Å². The molecule has 10 nitrogen and oxygen atoms in total. The zero-order valence-electron chi connectivity index (χ0n) is 22.0. The second-order valence-corrected chi connectivity index (χ2v) is 10.0. The molecule has 2 aromatic carbocycles. The number of methoxy groups -OCH3 is 2. The van der Waals surface area contributed by atoms with E-state index in [0.29, 0.717) is 35.3 Å². The highest BCUT2D eigenvalue weighted by atomic mass is 35.5. The van der Waals surface area contributed by atoms with Crippen molar-refractivity contribution in [2.75, 3.05) is 20.8 Å². The van der Waals surface area contributed by atoms with Crippen LogP contribution in [0, 0.1) is 0 Å². The van der Waals surface area contributed by atoms with Crippen LogP contribution in [-0.2, 0) is 22.6 Å². The molecule has 37 heavy (non-hydrogen) atoms. The van der Waals surface area contributed by atoms with Gasteiger partial charge in [-0.1, -0.05) is 17.7 Å². The minimum atomic E-state index is -0.717. The SMILES string of the molecule is COc1ccc(CCN(C(=O)Cn2nnc(-c3ccc(Cl)cc3)n2)C(C)C(=O)NC(C)(C)C)cc1OC. The average Bonchev–Trinajstić information content (AvgIpc) is 3.31. The molecule has 3 rings (SSSR count). The number of ether oxygens (including phenoxy) is 2. The van der Waals surface area contributed by atoms with Gasteiger partial charge in [0.15, 0.2) is 11.5 Å². The smallest absolute Gasteiger partial charge is 0.246 e. The van der Waals surface area contributed by atoms with Gasteiger partial charge in [-0.15, -0.1) is 10.2 Å². The van der Waals surface area contributed by atoms with Crippen molar-refractivity contribution in [3.63, 3.8) is 0 Å². The molecule has 0 saturated heterocycles. The second-order valence-electron chi connectivity index (χ2n) is 9.59. The zero-order valence-corrected chi connectivity index (χ0v) is 22.7. The fourth-order valence-corrected chi connectivity index (χ4v) is 3.80. The van der Waals surface area contributed by atoms with Crippen molar-refractivity contribution in [2.24, 2.45) is 0 Å². The lowest BCUT2D eigenvalue weighted by Crippen LogP contribution is -2.53. The molecule has 0 aliphatic carbocycles. The van der Waals surface area contributed by atoms with Gasteiger partial charge in [0.2, 0.25) is 17.6 Å². The Morgan fingerprint density at radius 2 is 1.76 bits per heavy atom. The van der Waals surface area contributed by atoms with Crippen molar-refractivity contribution in [2.45, 2.75) is 52.2 Å². The Kier molecular flexibility index (Phi) is 9.09. The molecule has 3 aromatic rings. The summed E-state index contributed by atoms with van der Waals surface area (Å²) in [5, 5.41) is 15.9. The normalized spacial score (nSPS) is 12.1. The lowest BCUT2D eigenvalue weighted by atomic mass is 10.1. The molecule has 0 fully saturated rings. The van der Waals surface area contributed by atoms with Gasteiger partial charge in [-0.2, -0.15) is 4.80 Å². The molecule has 0 radical (unpaired) electrons. The van der Waals surface area contributed by atoms with Crippen LogP contribution in [0.3, 0.4) is 0 Å². The maximum absolute atomic E-state index is 13.4. The quantitative estimate of drug-likeness (QED) is 0.429. The highest BCUT2D eigenvalue weighted by Crippen LogP contribution is 2.28. The number of tetrazole rings is 1. The number of benzene rings is 2. The minimum absolute atomic E-state index is 0.167. The third-order valence-corrected chi connectivity index (χ3v) is 5.84. The molecule has 0 aliphatic heterocycles. The van der Waals surface area contributed by atoms with E-state index in [4.69, 9.17) is 21.1 Å². The first-order chi connectivity index (χ1) is 17.5. The molecule has 1 unspecified atom stereocenters. The first kappa shape index (κ1) is 27.9. The zero-order chi connectivity index (χ0) is 27.2. The van der Waals surface area contributed by atoms with Crippen molar-refractivity contribution in [1.82, 2.24) is 30.4 Å². The number of nitrogens with one attached hydrogen (secondary N) is 1. The van der Waals surface area contributed by atoms with E-state index in [-0.39, 0.29) is 18.4 Å². The molecule has 1 heterocycles. The van der Waals surface area contributed by atoms with Gasteiger partial charge in [-0.25, -0.2) is 0 Å². The Labute approximate surface area is 221 Å². The van der Waals surface area contributed by atoms with Crippen LogP contribution in [0.15, 0.2) is 42.5 Å². The molecule has 2 amide bonds. The molecular weight excluding hydrogens is 496 g/mol. The molecule has 0 spiro atoms. The Morgan fingerprint density at radius 1 is 1.08 bits per heavy atom. The number of carbonyl (C=O) groups excluding carboxylic acids is 2. The highest BCUT2D eigenvalue weighted by Gasteiger charge is 2.28. The van der Waals surface area contributed by atoms with E-state index in [2.05, 4.69) is 20.7 Å². The fourth-order valence-electron chi connectivity index (χ4n) is 3.67. The Hall–Kier alpha value is -3.66. The van der Waals surface area contributed by atoms with Gasteiger partial charge in [-0.3, -0.25) is 9.59 Å². The van der Waals surface area contributed by atoms with Crippen molar-refractivity contribution in [3.8, 4) is 22.9 Å². The molecule has 0 bridgehead atoms. The number of aromatic nitrogens is 4. The lowest BCUT2D eigenvalue weighted by molar-refractivity contribution is -0.141. The summed E-state index contributed by atoms with van der Waals surface area (Å²) in [7, 11) is 3.14. The molecule has 0 saturated carbocycles. The van der Waals surface area contributed by atoms with Gasteiger partial charge >= 0.3 is 0 Å². The van der Waals surface area contributed by atoms with E-state index in [9.17, 15) is 9.59 Å². The largest absolute Gasteiger partial charge is 0.493 e. The van der Waals surface area contributed by atoms with Crippen molar-refractivity contribution < 1.29 is 19.1 Å². The molecule has 1 N–H and O–H groups in total. The summed E-state index contributed by atoms with van der Waals surface area (Å²) < 4.78 is 10.7. The molecule has 198 valence electrons. The standard InChI is InChI=1S/C26H33ClN6O4/c1-17(25(35)28-26(2,3)4)32(14-13-18-7-12-21(36-5)22(15-18)37-6)23(34)16-33-30-24(29-31-33)19-8-10-20(27)11-9-19/h7-12,15,17H,13-14,16H2,1-6H3,(H,28,35). The molecule has 11 heteroatoms. The molecule has 1 atom stereocenters. The van der Waals surface area contributed by atoms with Crippen LogP contribution in [0.5, 0.6) is 11.5 Å². The third-order valence-electron chi connectivity index (χ3n) is 5.59. The van der Waals surface area contributed by atoms with Crippen molar-refractivity contribution in [3.05, 3.63) is 53.1 Å². The summed E-state index contributed by atoms with van der Waals surface area (Å²) >= 11 is 5.95. The maximum Gasteiger partial charge on any atom is 0.246 e. The Morgan fingerprint density at radius 3 is 2.38 bits per heavy atom. The van der Waals surface area contributed by atoms with E-state index in [1.165, 1.54) is 9.70 Å². The van der Waals surface area contributed by atoms with Gasteiger partial charge in [0.25, 0.3) is 0 Å². The van der Waals surface area contributed by atoms with E-state index in [1.807, 2.05) is 39.0 Å². The van der Waals surface area contributed by atoms with Crippen LogP contribution in [0.25, 0.3) is 11.4 Å². The predicted molar refractivity (Wildman–Crippen MR) is 141 cm³/mol. The van der Waals surface area contributed by atoms with Crippen LogP contribution in [0.1, 0.15) is 33.3 Å². The monoisotopic (exact) mass is 528 g/mol. The number of carbonyl (C=O) groups is 2. The summed E-state index contributed by atoms with van der Waals surface area (Å²) in [5.41, 5.74) is 1.22. The van der Waals surface area contributed by atoms with Gasteiger partial charge in [0, 0.05) is 22.7 Å². The number of hydrogen-bond donors (Lipinski definition) is 1. The van der Waals surface area contributed by atoms with Crippen molar-refractivity contribution in [1.29, 1.82) is 0 Å². The predicted octanol–water partition coefficient (Wildman–Crippen LogP) is 3.39. The summed E-state index contributed by atoms with van der Waals surface area (Å²) in [5.74, 6) is 1.03. The molecular formula is C26H33ClN6O4. The highest BCUT2D eigenvalue weighted by molar-refractivity contribution is 6.30. The number of nitrogens with zero attached hydrogens (tertiary/aromatic N) is 5. The lowest BCUT2D eigenvalue weighted by Gasteiger charge is -2.31. The maximum atomic E-state index is 13.4. The van der Waals surface area contributed by atoms with Crippen LogP contribution in [0.2, 0.25) is 5.02 Å². The van der Waals surface area contributed by atoms with Crippen LogP contribution < -0.4 is 14.8 Å².